The Morgan fingerprint density at radius 3 is 2.18 bits per heavy atom. The molecule has 0 radical (unpaired) electrons. The van der Waals surface area contributed by atoms with Crippen molar-refractivity contribution in [3.63, 3.8) is 0 Å². The van der Waals surface area contributed by atoms with Crippen LogP contribution in [0.4, 0.5) is 4.79 Å². The molecule has 0 bridgehead atoms. The molecule has 184 valence electrons. The van der Waals surface area contributed by atoms with Crippen LogP contribution in [0, 0.1) is 11.8 Å². The minimum atomic E-state index is -0.946. The van der Waals surface area contributed by atoms with E-state index in [9.17, 15) is 19.5 Å². The second kappa shape index (κ2) is 14.3. The number of likely N-dealkylation sites (N-methyl/N-ethyl adjacent to an activating group) is 1. The van der Waals surface area contributed by atoms with Gasteiger partial charge in [-0.3, -0.25) is 9.59 Å². The molecule has 1 unspecified atom stereocenters. The van der Waals surface area contributed by atoms with Crippen molar-refractivity contribution in [3.05, 3.63) is 66.2 Å². The summed E-state index contributed by atoms with van der Waals surface area (Å²) in [4.78, 5) is 40.2. The Morgan fingerprint density at radius 1 is 1.00 bits per heavy atom. The molecule has 0 aliphatic rings. The van der Waals surface area contributed by atoms with Crippen molar-refractivity contribution in [2.24, 2.45) is 11.8 Å². The zero-order valence-electron chi connectivity index (χ0n) is 20.1. The molecule has 0 saturated carbocycles. The van der Waals surface area contributed by atoms with Gasteiger partial charge in [0.25, 0.3) is 0 Å². The summed E-state index contributed by atoms with van der Waals surface area (Å²) in [5.74, 6) is -1.30. The summed E-state index contributed by atoms with van der Waals surface area (Å²) in [7, 11) is 1.53. The van der Waals surface area contributed by atoms with Crippen molar-refractivity contribution in [2.45, 2.75) is 37.6 Å². The number of carboxylic acids is 1. The van der Waals surface area contributed by atoms with E-state index in [0.717, 1.165) is 16.9 Å². The van der Waals surface area contributed by atoms with Gasteiger partial charge in [0.2, 0.25) is 5.91 Å². The van der Waals surface area contributed by atoms with Crippen LogP contribution in [0.5, 0.6) is 0 Å². The van der Waals surface area contributed by atoms with Gasteiger partial charge in [-0.05, 0) is 30.0 Å². The topological polar surface area (TPSA) is 98.7 Å². The average molecular weight is 486 g/mol. The normalized spacial score (nSPS) is 12.6. The molecular formula is C26H35N3O4S. The van der Waals surface area contributed by atoms with Gasteiger partial charge in [0.05, 0.1) is 5.92 Å². The van der Waals surface area contributed by atoms with Crippen LogP contribution in [0.3, 0.4) is 0 Å². The van der Waals surface area contributed by atoms with Crippen molar-refractivity contribution >= 4 is 29.7 Å². The minimum Gasteiger partial charge on any atom is -0.481 e. The van der Waals surface area contributed by atoms with E-state index < -0.39 is 24.0 Å². The van der Waals surface area contributed by atoms with Crippen LogP contribution in [0.25, 0.3) is 0 Å². The predicted octanol–water partition coefficient (Wildman–Crippen LogP) is 3.89. The van der Waals surface area contributed by atoms with Gasteiger partial charge in [-0.25, -0.2) is 4.79 Å². The highest BCUT2D eigenvalue weighted by atomic mass is 32.2. The number of thioether (sulfide) groups is 1. The predicted molar refractivity (Wildman–Crippen MR) is 136 cm³/mol. The second-order valence-electron chi connectivity index (χ2n) is 8.59. The number of benzene rings is 2. The first-order valence-electron chi connectivity index (χ1n) is 11.5. The highest BCUT2D eigenvalue weighted by molar-refractivity contribution is 7.99. The summed E-state index contributed by atoms with van der Waals surface area (Å²) in [5.41, 5.74) is 0.924. The summed E-state index contributed by atoms with van der Waals surface area (Å²) < 4.78 is 0. The Hall–Kier alpha value is -3.00. The smallest absolute Gasteiger partial charge is 0.318 e. The molecule has 2 aromatic rings. The zero-order chi connectivity index (χ0) is 24.9. The summed E-state index contributed by atoms with van der Waals surface area (Å²) >= 11 is 1.46. The van der Waals surface area contributed by atoms with E-state index in [2.05, 4.69) is 24.5 Å². The first-order valence-corrected chi connectivity index (χ1v) is 12.5. The van der Waals surface area contributed by atoms with E-state index in [-0.39, 0.29) is 12.5 Å². The number of carbonyl (C=O) groups excluding carboxylic acids is 2. The van der Waals surface area contributed by atoms with Gasteiger partial charge < -0.3 is 20.6 Å². The third kappa shape index (κ3) is 9.47. The molecule has 2 atom stereocenters. The fourth-order valence-electron chi connectivity index (χ4n) is 3.35. The number of hydrogen-bond donors (Lipinski definition) is 3. The van der Waals surface area contributed by atoms with Crippen LogP contribution in [-0.2, 0) is 16.0 Å². The second-order valence-corrected chi connectivity index (χ2v) is 9.69. The molecule has 7 nitrogen and oxygen atoms in total. The Morgan fingerprint density at radius 2 is 1.62 bits per heavy atom. The fraction of sp³-hybridized carbons (Fsp3) is 0.423. The molecule has 2 aromatic carbocycles. The van der Waals surface area contributed by atoms with E-state index >= 15 is 0 Å². The molecule has 8 heteroatoms. The average Bonchev–Trinajstić information content (AvgIpc) is 2.83. The number of carbonyl (C=O) groups is 3. The highest BCUT2D eigenvalue weighted by Gasteiger charge is 2.28. The molecule has 0 fully saturated rings. The number of urea groups is 1. The number of aliphatic carboxylic acids is 1. The number of nitrogens with one attached hydrogen (secondary N) is 2. The third-order valence-corrected chi connectivity index (χ3v) is 6.57. The van der Waals surface area contributed by atoms with Gasteiger partial charge in [-0.1, -0.05) is 62.4 Å². The number of hydrogen-bond acceptors (Lipinski definition) is 4. The molecule has 0 aromatic heterocycles. The first kappa shape index (κ1) is 27.2. The summed E-state index contributed by atoms with van der Waals surface area (Å²) in [5, 5.41) is 15.3. The molecule has 2 rings (SSSR count). The number of rotatable bonds is 13. The lowest BCUT2D eigenvalue weighted by atomic mass is 10.1. The quantitative estimate of drug-likeness (QED) is 0.374. The lowest BCUT2D eigenvalue weighted by Gasteiger charge is -2.29. The maximum absolute atomic E-state index is 13.2. The maximum atomic E-state index is 13.2. The van der Waals surface area contributed by atoms with Gasteiger partial charge >= 0.3 is 12.0 Å². The molecule has 0 aliphatic carbocycles. The van der Waals surface area contributed by atoms with Crippen LogP contribution < -0.4 is 10.6 Å². The molecule has 3 amide bonds. The maximum Gasteiger partial charge on any atom is 0.318 e. The molecule has 34 heavy (non-hydrogen) atoms. The monoisotopic (exact) mass is 485 g/mol. The van der Waals surface area contributed by atoms with Gasteiger partial charge in [-0.2, -0.15) is 0 Å². The SMILES string of the molecule is CNC(=O)[C@H](Cc1ccccc1)NC(=O)N(CCC(C)C)CC(CSc1ccccc1)C(=O)O. The summed E-state index contributed by atoms with van der Waals surface area (Å²) in [6, 6.07) is 17.9. The molecular weight excluding hydrogens is 450 g/mol. The molecule has 0 saturated heterocycles. The van der Waals surface area contributed by atoms with Crippen molar-refractivity contribution in [1.82, 2.24) is 15.5 Å². The number of carboxylic acid groups (broad SMARTS) is 1. The minimum absolute atomic E-state index is 0.0690. The van der Waals surface area contributed by atoms with Crippen LogP contribution in [0.1, 0.15) is 25.8 Å². The van der Waals surface area contributed by atoms with Gasteiger partial charge in [0, 0.05) is 37.2 Å². The Labute approximate surface area is 206 Å². The van der Waals surface area contributed by atoms with E-state index in [1.165, 1.54) is 23.7 Å². The Balaban J connectivity index is 2.13. The van der Waals surface area contributed by atoms with Crippen LogP contribution in [0.15, 0.2) is 65.6 Å². The number of nitrogens with zero attached hydrogens (tertiary/aromatic N) is 1. The van der Waals surface area contributed by atoms with Crippen molar-refractivity contribution in [2.75, 3.05) is 25.9 Å². The van der Waals surface area contributed by atoms with E-state index in [0.29, 0.717) is 24.6 Å². The van der Waals surface area contributed by atoms with E-state index in [1.54, 1.807) is 0 Å². The van der Waals surface area contributed by atoms with Crippen LogP contribution in [-0.4, -0.2) is 59.8 Å². The van der Waals surface area contributed by atoms with E-state index in [1.807, 2.05) is 60.7 Å². The van der Waals surface area contributed by atoms with Gasteiger partial charge in [0.15, 0.2) is 0 Å². The lowest BCUT2D eigenvalue weighted by molar-refractivity contribution is -0.141. The molecule has 0 heterocycles. The lowest BCUT2D eigenvalue weighted by Crippen LogP contribution is -2.53. The molecule has 0 aliphatic heterocycles. The molecule has 0 spiro atoms. The van der Waals surface area contributed by atoms with E-state index in [4.69, 9.17) is 0 Å². The first-order chi connectivity index (χ1) is 16.3. The number of amides is 3. The largest absolute Gasteiger partial charge is 0.481 e. The van der Waals surface area contributed by atoms with Crippen molar-refractivity contribution in [1.29, 1.82) is 0 Å². The summed E-state index contributed by atoms with van der Waals surface area (Å²) in [6.07, 6.45) is 1.07. The Kier molecular flexibility index (Phi) is 11.5. The van der Waals surface area contributed by atoms with Gasteiger partial charge in [0.1, 0.15) is 6.04 Å². The zero-order valence-corrected chi connectivity index (χ0v) is 20.9. The fourth-order valence-corrected chi connectivity index (χ4v) is 4.34. The van der Waals surface area contributed by atoms with Crippen molar-refractivity contribution in [3.8, 4) is 0 Å². The van der Waals surface area contributed by atoms with Gasteiger partial charge in [-0.15, -0.1) is 11.8 Å². The Bertz CT molecular complexity index is 909. The summed E-state index contributed by atoms with van der Waals surface area (Å²) in [6.45, 7) is 4.59. The highest BCUT2D eigenvalue weighted by Crippen LogP contribution is 2.21. The van der Waals surface area contributed by atoms with Crippen molar-refractivity contribution < 1.29 is 19.5 Å². The van der Waals surface area contributed by atoms with Crippen LogP contribution >= 0.6 is 11.8 Å². The standard InChI is InChI=1S/C26H35N3O4S/c1-19(2)14-15-29(17-21(25(31)32)18-34-22-12-8-5-9-13-22)26(33)28-23(24(30)27-3)16-20-10-6-4-7-11-20/h4-13,19,21,23H,14-18H2,1-3H3,(H,27,30)(H,28,33)(H,31,32)/t21?,23-/m0/s1. The molecule has 3 N–H and O–H groups in total. The third-order valence-electron chi connectivity index (χ3n) is 5.39. The van der Waals surface area contributed by atoms with Crippen LogP contribution in [0.2, 0.25) is 0 Å².